The summed E-state index contributed by atoms with van der Waals surface area (Å²) in [6.45, 7) is 3.46. The van der Waals surface area contributed by atoms with Gasteiger partial charge in [-0.1, -0.05) is 5.16 Å². The van der Waals surface area contributed by atoms with E-state index < -0.39 is 5.97 Å². The van der Waals surface area contributed by atoms with Crippen molar-refractivity contribution >= 4 is 17.3 Å². The van der Waals surface area contributed by atoms with Crippen molar-refractivity contribution in [3.8, 4) is 10.8 Å². The molecular formula is C9H8N2O3S. The number of rotatable bonds is 2. The highest BCUT2D eigenvalue weighted by Crippen LogP contribution is 2.28. The molecule has 78 valence electrons. The summed E-state index contributed by atoms with van der Waals surface area (Å²) in [6.07, 6.45) is 0. The average molecular weight is 224 g/mol. The molecular weight excluding hydrogens is 216 g/mol. The number of aromatic nitrogens is 2. The quantitative estimate of drug-likeness (QED) is 0.845. The first-order valence-electron chi connectivity index (χ1n) is 4.22. The number of thiazole rings is 1. The molecule has 2 aromatic heterocycles. The van der Waals surface area contributed by atoms with Crippen molar-refractivity contribution in [2.45, 2.75) is 13.8 Å². The van der Waals surface area contributed by atoms with Crippen molar-refractivity contribution < 1.29 is 14.4 Å². The van der Waals surface area contributed by atoms with Crippen molar-refractivity contribution in [1.82, 2.24) is 10.1 Å². The van der Waals surface area contributed by atoms with Crippen molar-refractivity contribution in [2.75, 3.05) is 0 Å². The monoisotopic (exact) mass is 224 g/mol. The van der Waals surface area contributed by atoms with Crippen LogP contribution >= 0.6 is 11.3 Å². The Morgan fingerprint density at radius 1 is 1.53 bits per heavy atom. The molecule has 2 aromatic rings. The molecule has 0 spiro atoms. The van der Waals surface area contributed by atoms with Crippen molar-refractivity contribution in [3.63, 3.8) is 0 Å². The molecule has 0 unspecified atom stereocenters. The lowest BCUT2D eigenvalue weighted by molar-refractivity contribution is 0.0701. The molecule has 0 radical (unpaired) electrons. The number of carboxylic acid groups (broad SMARTS) is 1. The minimum absolute atomic E-state index is 0.235. The van der Waals surface area contributed by atoms with E-state index in [2.05, 4.69) is 10.1 Å². The van der Waals surface area contributed by atoms with Crippen LogP contribution in [0, 0.1) is 13.8 Å². The number of hydrogen-bond acceptors (Lipinski definition) is 5. The number of aryl methyl sites for hydroxylation is 2. The maximum atomic E-state index is 10.8. The van der Waals surface area contributed by atoms with E-state index in [-0.39, 0.29) is 4.88 Å². The van der Waals surface area contributed by atoms with Crippen LogP contribution < -0.4 is 0 Å². The van der Waals surface area contributed by atoms with Crippen LogP contribution in [0.4, 0.5) is 0 Å². The van der Waals surface area contributed by atoms with E-state index >= 15 is 0 Å². The molecule has 6 heteroatoms. The fourth-order valence-corrected chi connectivity index (χ4v) is 2.02. The second-order valence-electron chi connectivity index (χ2n) is 3.07. The SMILES string of the molecule is Cc1cc(-c2nc(C)c(C(=O)O)s2)on1. The van der Waals surface area contributed by atoms with Gasteiger partial charge in [-0.05, 0) is 13.8 Å². The summed E-state index contributed by atoms with van der Waals surface area (Å²) in [6, 6.07) is 1.73. The van der Waals surface area contributed by atoms with Gasteiger partial charge in [-0.25, -0.2) is 9.78 Å². The zero-order valence-electron chi connectivity index (χ0n) is 8.14. The zero-order valence-corrected chi connectivity index (χ0v) is 8.96. The molecule has 0 aromatic carbocycles. The molecule has 5 nitrogen and oxygen atoms in total. The van der Waals surface area contributed by atoms with Gasteiger partial charge in [-0.15, -0.1) is 11.3 Å². The highest BCUT2D eigenvalue weighted by atomic mass is 32.1. The van der Waals surface area contributed by atoms with Crippen LogP contribution in [0.15, 0.2) is 10.6 Å². The second kappa shape index (κ2) is 3.47. The van der Waals surface area contributed by atoms with Crippen LogP contribution in [-0.2, 0) is 0 Å². The third kappa shape index (κ3) is 1.75. The summed E-state index contributed by atoms with van der Waals surface area (Å²) in [5, 5.41) is 13.1. The average Bonchev–Trinajstić information content (AvgIpc) is 2.71. The number of aromatic carboxylic acids is 1. The molecule has 0 aliphatic carbocycles. The molecule has 15 heavy (non-hydrogen) atoms. The maximum Gasteiger partial charge on any atom is 0.347 e. The molecule has 0 fully saturated rings. The normalized spacial score (nSPS) is 10.5. The van der Waals surface area contributed by atoms with Gasteiger partial charge >= 0.3 is 5.97 Å². The Kier molecular flexibility index (Phi) is 2.28. The number of nitrogens with zero attached hydrogens (tertiary/aromatic N) is 2. The molecule has 0 saturated heterocycles. The molecule has 2 rings (SSSR count). The first kappa shape index (κ1) is 9.85. The van der Waals surface area contributed by atoms with E-state index in [1.807, 2.05) is 0 Å². The highest BCUT2D eigenvalue weighted by Gasteiger charge is 2.17. The molecule has 0 atom stereocenters. The first-order valence-corrected chi connectivity index (χ1v) is 5.04. The third-order valence-electron chi connectivity index (χ3n) is 1.83. The lowest BCUT2D eigenvalue weighted by Crippen LogP contribution is -1.94. The van der Waals surface area contributed by atoms with Gasteiger partial charge < -0.3 is 9.63 Å². The van der Waals surface area contributed by atoms with Crippen LogP contribution in [0.2, 0.25) is 0 Å². The Hall–Kier alpha value is -1.69. The molecule has 2 heterocycles. The number of carbonyl (C=O) groups is 1. The minimum atomic E-state index is -0.965. The molecule has 0 saturated carbocycles. The van der Waals surface area contributed by atoms with Gasteiger partial charge in [0.15, 0.2) is 10.8 Å². The van der Waals surface area contributed by atoms with Crippen molar-refractivity contribution in [1.29, 1.82) is 0 Å². The van der Waals surface area contributed by atoms with Crippen LogP contribution in [0.1, 0.15) is 21.1 Å². The summed E-state index contributed by atoms with van der Waals surface area (Å²) in [7, 11) is 0. The van der Waals surface area contributed by atoms with Gasteiger partial charge in [-0.3, -0.25) is 0 Å². The van der Waals surface area contributed by atoms with Gasteiger partial charge in [-0.2, -0.15) is 0 Å². The summed E-state index contributed by atoms with van der Waals surface area (Å²) >= 11 is 1.09. The van der Waals surface area contributed by atoms with E-state index in [0.717, 1.165) is 17.0 Å². The van der Waals surface area contributed by atoms with Crippen molar-refractivity contribution in [3.05, 3.63) is 22.3 Å². The molecule has 0 amide bonds. The van der Waals surface area contributed by atoms with Crippen LogP contribution in [0.5, 0.6) is 0 Å². The topological polar surface area (TPSA) is 76.2 Å². The molecule has 0 aliphatic rings. The van der Waals surface area contributed by atoms with Gasteiger partial charge in [0, 0.05) is 6.07 Å². The minimum Gasteiger partial charge on any atom is -0.477 e. The highest BCUT2D eigenvalue weighted by molar-refractivity contribution is 7.16. The largest absolute Gasteiger partial charge is 0.477 e. The van der Waals surface area contributed by atoms with E-state index in [1.165, 1.54) is 0 Å². The Labute approximate surface area is 89.4 Å². The zero-order chi connectivity index (χ0) is 11.0. The summed E-state index contributed by atoms with van der Waals surface area (Å²) in [4.78, 5) is 15.2. The van der Waals surface area contributed by atoms with Crippen LogP contribution in [0.25, 0.3) is 10.8 Å². The fraction of sp³-hybridized carbons (Fsp3) is 0.222. The van der Waals surface area contributed by atoms with E-state index in [4.69, 9.17) is 9.63 Å². The fourth-order valence-electron chi connectivity index (χ4n) is 1.16. The van der Waals surface area contributed by atoms with Gasteiger partial charge in [0.05, 0.1) is 11.4 Å². The smallest absolute Gasteiger partial charge is 0.347 e. The Morgan fingerprint density at radius 2 is 2.27 bits per heavy atom. The lowest BCUT2D eigenvalue weighted by Gasteiger charge is -1.84. The van der Waals surface area contributed by atoms with Gasteiger partial charge in [0.2, 0.25) is 0 Å². The predicted octanol–water partition coefficient (Wildman–Crippen LogP) is 2.11. The molecule has 1 N–H and O–H groups in total. The standard InChI is InChI=1S/C9H8N2O3S/c1-4-3-6(14-11-4)8-10-5(2)7(15-8)9(12)13/h3H,1-2H3,(H,12,13). The lowest BCUT2D eigenvalue weighted by atomic mass is 10.4. The van der Waals surface area contributed by atoms with Crippen molar-refractivity contribution in [2.24, 2.45) is 0 Å². The van der Waals surface area contributed by atoms with E-state index in [1.54, 1.807) is 19.9 Å². The second-order valence-corrected chi connectivity index (χ2v) is 4.07. The summed E-state index contributed by atoms with van der Waals surface area (Å²) in [5.41, 5.74) is 1.24. The van der Waals surface area contributed by atoms with E-state index in [0.29, 0.717) is 16.5 Å². The van der Waals surface area contributed by atoms with E-state index in [9.17, 15) is 4.79 Å². The Balaban J connectivity index is 2.46. The van der Waals surface area contributed by atoms with Crippen LogP contribution in [0.3, 0.4) is 0 Å². The molecule has 0 aliphatic heterocycles. The predicted molar refractivity (Wildman–Crippen MR) is 54.0 cm³/mol. The summed E-state index contributed by atoms with van der Waals surface area (Å²) < 4.78 is 5.00. The third-order valence-corrected chi connectivity index (χ3v) is 2.99. The maximum absolute atomic E-state index is 10.8. The first-order chi connectivity index (χ1) is 7.08. The summed E-state index contributed by atoms with van der Waals surface area (Å²) in [5.74, 6) is -0.458. The van der Waals surface area contributed by atoms with Gasteiger partial charge in [0.1, 0.15) is 4.88 Å². The number of hydrogen-bond donors (Lipinski definition) is 1. The Morgan fingerprint density at radius 3 is 2.73 bits per heavy atom. The Bertz CT molecular complexity index is 515. The van der Waals surface area contributed by atoms with Crippen LogP contribution in [-0.4, -0.2) is 21.2 Å². The molecule has 0 bridgehead atoms. The van der Waals surface area contributed by atoms with Gasteiger partial charge in [0.25, 0.3) is 0 Å². The number of carboxylic acids is 1.